The molecule has 9 nitrogen and oxygen atoms in total. The number of aliphatic hydroxyl groups excluding tert-OH is 1. The zero-order chi connectivity index (χ0) is 30.8. The maximum atomic E-state index is 13.6. The first-order chi connectivity index (χ1) is 19.9. The van der Waals surface area contributed by atoms with Crippen molar-refractivity contribution in [2.75, 3.05) is 65.0 Å². The highest BCUT2D eigenvalue weighted by molar-refractivity contribution is 5.94. The van der Waals surface area contributed by atoms with Gasteiger partial charge in [-0.05, 0) is 77.2 Å². The topological polar surface area (TPSA) is 97.2 Å². The summed E-state index contributed by atoms with van der Waals surface area (Å²) in [5.41, 5.74) is 0.716. The van der Waals surface area contributed by atoms with E-state index >= 15 is 0 Å². The largest absolute Gasteiger partial charge is 0.444 e. The molecule has 0 radical (unpaired) electrons. The van der Waals surface area contributed by atoms with Gasteiger partial charge in [-0.3, -0.25) is 0 Å². The van der Waals surface area contributed by atoms with E-state index < -0.39 is 24.4 Å². The molecule has 1 aromatic heterocycles. The SMILES string of the molecule is CN1CCC(Nc2cccc3c2cc(C#CCNC(=O)OC(C)(C)C)n3CC(F)(F)F)C(CCOCCOCCO)C1. The van der Waals surface area contributed by atoms with Crippen LogP contribution >= 0.6 is 0 Å². The Morgan fingerprint density at radius 3 is 2.57 bits per heavy atom. The third-order valence-corrected chi connectivity index (χ3v) is 6.74. The lowest BCUT2D eigenvalue weighted by Crippen LogP contribution is -2.45. The molecule has 2 atom stereocenters. The number of carbonyl (C=O) groups excluding carboxylic acids is 1. The van der Waals surface area contributed by atoms with Crippen LogP contribution in [0.25, 0.3) is 10.9 Å². The summed E-state index contributed by atoms with van der Waals surface area (Å²) in [4.78, 5) is 14.2. The molecule has 0 saturated carbocycles. The smallest absolute Gasteiger partial charge is 0.408 e. The van der Waals surface area contributed by atoms with Crippen molar-refractivity contribution in [1.82, 2.24) is 14.8 Å². The van der Waals surface area contributed by atoms with Gasteiger partial charge in [0.15, 0.2) is 0 Å². The third kappa shape index (κ3) is 11.0. The standard InChI is InChI=1S/C30H43F3N4O5/c1-29(2,3)42-28(39)34-12-6-7-23-19-24-26(8-5-9-27(24)37(23)21-30(31,32)33)35-25-10-13-36(4)20-22(25)11-15-40-17-18-41-16-14-38/h5,8-9,19,22,25,35,38H,10-18,20-21H2,1-4H3,(H,34,39). The number of anilines is 1. The summed E-state index contributed by atoms with van der Waals surface area (Å²) in [5, 5.41) is 15.6. The van der Waals surface area contributed by atoms with Crippen LogP contribution < -0.4 is 10.6 Å². The van der Waals surface area contributed by atoms with E-state index in [0.717, 1.165) is 31.6 Å². The van der Waals surface area contributed by atoms with Crippen LogP contribution in [0.15, 0.2) is 24.3 Å². The molecule has 3 rings (SSSR count). The molecule has 0 bridgehead atoms. The number of carbonyl (C=O) groups is 1. The fraction of sp³-hybridized carbons (Fsp3) is 0.633. The number of ether oxygens (including phenoxy) is 3. The van der Waals surface area contributed by atoms with Gasteiger partial charge in [-0.2, -0.15) is 13.2 Å². The molecule has 1 fully saturated rings. The second kappa shape index (κ2) is 15.5. The van der Waals surface area contributed by atoms with Gasteiger partial charge in [0.2, 0.25) is 0 Å². The Bertz CT molecular complexity index is 1220. The van der Waals surface area contributed by atoms with E-state index in [4.69, 9.17) is 19.3 Å². The van der Waals surface area contributed by atoms with E-state index in [9.17, 15) is 18.0 Å². The molecule has 12 heteroatoms. The number of fused-ring (bicyclic) bond motifs is 1. The number of likely N-dealkylation sites (tertiary alicyclic amines) is 1. The van der Waals surface area contributed by atoms with Gasteiger partial charge in [0, 0.05) is 30.3 Å². The number of hydrogen-bond acceptors (Lipinski definition) is 7. The lowest BCUT2D eigenvalue weighted by Gasteiger charge is -2.38. The molecule has 0 spiro atoms. The fourth-order valence-electron chi connectivity index (χ4n) is 4.95. The van der Waals surface area contributed by atoms with Crippen LogP contribution in [0.4, 0.5) is 23.7 Å². The van der Waals surface area contributed by atoms with Crippen LogP contribution in [0, 0.1) is 17.8 Å². The van der Waals surface area contributed by atoms with Gasteiger partial charge in [-0.25, -0.2) is 4.79 Å². The van der Waals surface area contributed by atoms with Crippen molar-refractivity contribution < 1.29 is 37.3 Å². The first-order valence-electron chi connectivity index (χ1n) is 14.2. The highest BCUT2D eigenvalue weighted by Gasteiger charge is 2.31. The molecule has 1 amide bonds. The number of alkyl carbamates (subject to hydrolysis) is 1. The number of halogens is 3. The molecule has 3 N–H and O–H groups in total. The zero-order valence-corrected chi connectivity index (χ0v) is 24.9. The van der Waals surface area contributed by atoms with Crippen LogP contribution in [-0.4, -0.2) is 98.2 Å². The number of piperidine rings is 1. The zero-order valence-electron chi connectivity index (χ0n) is 24.9. The first-order valence-corrected chi connectivity index (χ1v) is 14.2. The number of alkyl halides is 3. The van der Waals surface area contributed by atoms with Gasteiger partial charge < -0.3 is 39.4 Å². The highest BCUT2D eigenvalue weighted by atomic mass is 19.4. The molecule has 42 heavy (non-hydrogen) atoms. The summed E-state index contributed by atoms with van der Waals surface area (Å²) in [6.07, 6.45) is -3.40. The average Bonchev–Trinajstić information content (AvgIpc) is 3.23. The Balaban J connectivity index is 1.77. The predicted molar refractivity (Wildman–Crippen MR) is 155 cm³/mol. The van der Waals surface area contributed by atoms with Crippen molar-refractivity contribution in [2.45, 2.75) is 58.0 Å². The number of rotatable bonds is 12. The average molecular weight is 597 g/mol. The summed E-state index contributed by atoms with van der Waals surface area (Å²) < 4.78 is 58.0. The minimum absolute atomic E-state index is 0.0204. The lowest BCUT2D eigenvalue weighted by molar-refractivity contribution is -0.140. The van der Waals surface area contributed by atoms with Gasteiger partial charge in [0.25, 0.3) is 0 Å². The minimum Gasteiger partial charge on any atom is -0.444 e. The number of hydrogen-bond donors (Lipinski definition) is 3. The van der Waals surface area contributed by atoms with Gasteiger partial charge in [-0.15, -0.1) is 0 Å². The van der Waals surface area contributed by atoms with Gasteiger partial charge in [0.05, 0.1) is 44.2 Å². The Morgan fingerprint density at radius 1 is 1.14 bits per heavy atom. The second-order valence-corrected chi connectivity index (χ2v) is 11.4. The van der Waals surface area contributed by atoms with Crippen molar-refractivity contribution in [1.29, 1.82) is 0 Å². The molecule has 1 saturated heterocycles. The van der Waals surface area contributed by atoms with Crippen LogP contribution in [0.1, 0.15) is 39.3 Å². The molecule has 1 aliphatic heterocycles. The van der Waals surface area contributed by atoms with Crippen LogP contribution in [0.3, 0.4) is 0 Å². The Kier molecular flexibility index (Phi) is 12.4. The first kappa shape index (κ1) is 33.5. The van der Waals surface area contributed by atoms with E-state index in [0.29, 0.717) is 30.7 Å². The predicted octanol–water partition coefficient (Wildman–Crippen LogP) is 4.23. The van der Waals surface area contributed by atoms with Crippen molar-refractivity contribution in [2.24, 2.45) is 5.92 Å². The minimum atomic E-state index is -4.44. The molecule has 2 unspecified atom stereocenters. The highest BCUT2D eigenvalue weighted by Crippen LogP contribution is 2.32. The van der Waals surface area contributed by atoms with Crippen LogP contribution in [0.2, 0.25) is 0 Å². The molecular formula is C30H43F3N4O5. The Labute approximate surface area is 245 Å². The fourth-order valence-corrected chi connectivity index (χ4v) is 4.95. The van der Waals surface area contributed by atoms with Crippen molar-refractivity contribution >= 4 is 22.7 Å². The van der Waals surface area contributed by atoms with Gasteiger partial charge >= 0.3 is 12.3 Å². The molecule has 0 aliphatic carbocycles. The number of amides is 1. The monoisotopic (exact) mass is 596 g/mol. The van der Waals surface area contributed by atoms with Crippen molar-refractivity contribution in [3.63, 3.8) is 0 Å². The molecule has 1 aromatic carbocycles. The van der Waals surface area contributed by atoms with E-state index in [1.807, 2.05) is 6.07 Å². The van der Waals surface area contributed by atoms with Crippen LogP contribution in [-0.2, 0) is 20.8 Å². The Morgan fingerprint density at radius 2 is 1.88 bits per heavy atom. The van der Waals surface area contributed by atoms with Gasteiger partial charge in [-0.1, -0.05) is 12.0 Å². The van der Waals surface area contributed by atoms with Crippen LogP contribution in [0.5, 0.6) is 0 Å². The molecule has 2 heterocycles. The van der Waals surface area contributed by atoms with E-state index in [1.54, 1.807) is 39.0 Å². The van der Waals surface area contributed by atoms with Gasteiger partial charge in [0.1, 0.15) is 12.1 Å². The number of benzene rings is 1. The molecule has 1 aliphatic rings. The van der Waals surface area contributed by atoms with E-state index in [1.165, 1.54) is 4.57 Å². The molecular weight excluding hydrogens is 553 g/mol. The summed E-state index contributed by atoms with van der Waals surface area (Å²) in [5.74, 6) is 5.83. The summed E-state index contributed by atoms with van der Waals surface area (Å²) in [7, 11) is 2.08. The maximum Gasteiger partial charge on any atom is 0.408 e. The lowest BCUT2D eigenvalue weighted by atomic mass is 9.89. The summed E-state index contributed by atoms with van der Waals surface area (Å²) in [6, 6.07) is 7.07. The number of nitrogens with one attached hydrogen (secondary N) is 2. The maximum absolute atomic E-state index is 13.6. The summed E-state index contributed by atoms with van der Waals surface area (Å²) >= 11 is 0. The Hall–Kier alpha value is -2.98. The number of nitrogens with zero attached hydrogens (tertiary/aromatic N) is 2. The number of aliphatic hydroxyl groups is 1. The molecule has 2 aromatic rings. The van der Waals surface area contributed by atoms with E-state index in [-0.39, 0.29) is 37.4 Å². The number of aromatic nitrogens is 1. The third-order valence-electron chi connectivity index (χ3n) is 6.74. The van der Waals surface area contributed by atoms with E-state index in [2.05, 4.69) is 34.4 Å². The quantitative estimate of drug-likeness (QED) is 0.249. The normalized spacial score (nSPS) is 18.0. The summed E-state index contributed by atoms with van der Waals surface area (Å²) in [6.45, 7) is 7.42. The van der Waals surface area contributed by atoms with Crippen molar-refractivity contribution in [3.8, 4) is 11.8 Å². The molecule has 234 valence electrons. The van der Waals surface area contributed by atoms with Crippen molar-refractivity contribution in [3.05, 3.63) is 30.0 Å². The second-order valence-electron chi connectivity index (χ2n) is 11.4.